The molecule has 1 aromatic rings. The fourth-order valence-electron chi connectivity index (χ4n) is 3.02. The van der Waals surface area contributed by atoms with Crippen LogP contribution in [0.2, 0.25) is 0 Å². The third-order valence-electron chi connectivity index (χ3n) is 4.54. The van der Waals surface area contributed by atoms with Crippen molar-refractivity contribution in [1.29, 1.82) is 0 Å². The van der Waals surface area contributed by atoms with Crippen molar-refractivity contribution in [2.75, 3.05) is 19.6 Å². The number of amides is 3. The Morgan fingerprint density at radius 2 is 1.63 bits per heavy atom. The fraction of sp³-hybridized carbons (Fsp3) is 0.550. The highest BCUT2D eigenvalue weighted by Crippen LogP contribution is 2.24. The summed E-state index contributed by atoms with van der Waals surface area (Å²) in [6.07, 6.45) is 4.55. The van der Waals surface area contributed by atoms with E-state index in [1.54, 1.807) is 0 Å². The number of nitrogens with one attached hydrogen (secondary N) is 3. The molecule has 3 N–H and O–H groups in total. The molecule has 7 nitrogen and oxygen atoms in total. The summed E-state index contributed by atoms with van der Waals surface area (Å²) in [4.78, 5) is 35.1. The average Bonchev–Trinajstić information content (AvgIpc) is 3.22. The molecular weight excluding hydrogens is 346 g/mol. The standard InChI is InChI=1S/C20H29N3O4/c24-18(21-13-14-22-19(25)17-9-4-5-10-17)11-6-12-23-20(26)27-15-16-7-2-1-3-8-16/h1-3,7-8,17H,4-6,9-15H2,(H,21,24)(H,22,25)(H,23,26). The number of rotatable bonds is 10. The van der Waals surface area contributed by atoms with Crippen molar-refractivity contribution in [3.05, 3.63) is 35.9 Å². The number of carbonyl (C=O) groups excluding carboxylic acids is 3. The molecule has 0 unspecified atom stereocenters. The van der Waals surface area contributed by atoms with Crippen LogP contribution < -0.4 is 16.0 Å². The SMILES string of the molecule is O=C(CCCNC(=O)OCc1ccccc1)NCCNC(=O)C1CCCC1. The second-order valence-electron chi connectivity index (χ2n) is 6.71. The topological polar surface area (TPSA) is 96.5 Å². The molecule has 1 aromatic carbocycles. The number of carbonyl (C=O) groups is 3. The van der Waals surface area contributed by atoms with E-state index < -0.39 is 6.09 Å². The van der Waals surface area contributed by atoms with Crippen molar-refractivity contribution in [3.63, 3.8) is 0 Å². The second-order valence-corrected chi connectivity index (χ2v) is 6.71. The Balaban J connectivity index is 1.43. The van der Waals surface area contributed by atoms with Crippen molar-refractivity contribution in [1.82, 2.24) is 16.0 Å². The molecule has 148 valence electrons. The smallest absolute Gasteiger partial charge is 0.407 e. The predicted octanol–water partition coefficient (Wildman–Crippen LogP) is 2.12. The van der Waals surface area contributed by atoms with E-state index in [1.807, 2.05) is 30.3 Å². The molecule has 0 radical (unpaired) electrons. The summed E-state index contributed by atoms with van der Waals surface area (Å²) < 4.78 is 5.09. The first kappa shape index (κ1) is 20.7. The highest BCUT2D eigenvalue weighted by atomic mass is 16.5. The Labute approximate surface area is 160 Å². The van der Waals surface area contributed by atoms with E-state index in [9.17, 15) is 14.4 Å². The van der Waals surface area contributed by atoms with Gasteiger partial charge in [0.05, 0.1) is 0 Å². The van der Waals surface area contributed by atoms with E-state index in [0.29, 0.717) is 32.5 Å². The normalized spacial score (nSPS) is 13.8. The number of ether oxygens (including phenoxy) is 1. The molecule has 27 heavy (non-hydrogen) atoms. The van der Waals surface area contributed by atoms with Crippen LogP contribution in [0, 0.1) is 5.92 Å². The summed E-state index contributed by atoms with van der Waals surface area (Å²) in [5, 5.41) is 8.25. The lowest BCUT2D eigenvalue weighted by molar-refractivity contribution is -0.125. The Bertz CT molecular complexity index is 601. The van der Waals surface area contributed by atoms with Crippen LogP contribution in [-0.4, -0.2) is 37.5 Å². The fourth-order valence-corrected chi connectivity index (χ4v) is 3.02. The number of alkyl carbamates (subject to hydrolysis) is 1. The Hall–Kier alpha value is -2.57. The van der Waals surface area contributed by atoms with Crippen molar-refractivity contribution in [2.24, 2.45) is 5.92 Å². The van der Waals surface area contributed by atoms with Gasteiger partial charge in [-0.05, 0) is 24.8 Å². The Morgan fingerprint density at radius 3 is 2.37 bits per heavy atom. The minimum atomic E-state index is -0.492. The van der Waals surface area contributed by atoms with E-state index >= 15 is 0 Å². The summed E-state index contributed by atoms with van der Waals surface area (Å²) in [6.45, 7) is 1.47. The summed E-state index contributed by atoms with van der Waals surface area (Å²) >= 11 is 0. The first-order valence-electron chi connectivity index (χ1n) is 9.64. The molecule has 1 fully saturated rings. The Morgan fingerprint density at radius 1 is 0.926 bits per heavy atom. The molecule has 3 amide bonds. The molecule has 0 bridgehead atoms. The molecule has 1 aliphatic carbocycles. The molecule has 0 aromatic heterocycles. The van der Waals surface area contributed by atoms with Crippen molar-refractivity contribution < 1.29 is 19.1 Å². The lowest BCUT2D eigenvalue weighted by Crippen LogP contribution is -2.37. The molecule has 0 aliphatic heterocycles. The van der Waals surface area contributed by atoms with Crippen LogP contribution in [0.15, 0.2) is 30.3 Å². The first-order chi connectivity index (χ1) is 13.1. The minimum Gasteiger partial charge on any atom is -0.445 e. The van der Waals surface area contributed by atoms with Crippen LogP contribution in [0.1, 0.15) is 44.1 Å². The van der Waals surface area contributed by atoms with Gasteiger partial charge in [-0.25, -0.2) is 4.79 Å². The van der Waals surface area contributed by atoms with Crippen LogP contribution in [0.5, 0.6) is 0 Å². The third kappa shape index (κ3) is 8.57. The summed E-state index contributed by atoms with van der Waals surface area (Å²) in [6, 6.07) is 9.44. The molecule has 2 rings (SSSR count). The summed E-state index contributed by atoms with van der Waals surface area (Å²) in [5.74, 6) is 0.151. The average molecular weight is 375 g/mol. The molecule has 1 saturated carbocycles. The van der Waals surface area contributed by atoms with Gasteiger partial charge in [0.1, 0.15) is 6.61 Å². The monoisotopic (exact) mass is 375 g/mol. The Kier molecular flexibility index (Phi) is 9.17. The largest absolute Gasteiger partial charge is 0.445 e. The quantitative estimate of drug-likeness (QED) is 0.546. The van der Waals surface area contributed by atoms with Gasteiger partial charge >= 0.3 is 6.09 Å². The number of hydrogen-bond acceptors (Lipinski definition) is 4. The van der Waals surface area contributed by atoms with Crippen LogP contribution in [0.25, 0.3) is 0 Å². The van der Waals surface area contributed by atoms with Gasteiger partial charge in [-0.1, -0.05) is 43.2 Å². The van der Waals surface area contributed by atoms with Gasteiger partial charge in [0, 0.05) is 32.0 Å². The van der Waals surface area contributed by atoms with E-state index in [0.717, 1.165) is 31.2 Å². The predicted molar refractivity (Wildman–Crippen MR) is 102 cm³/mol. The van der Waals surface area contributed by atoms with E-state index in [2.05, 4.69) is 16.0 Å². The van der Waals surface area contributed by atoms with Crippen molar-refractivity contribution in [2.45, 2.75) is 45.1 Å². The maximum Gasteiger partial charge on any atom is 0.407 e. The van der Waals surface area contributed by atoms with Gasteiger partial charge in [-0.3, -0.25) is 9.59 Å². The maximum absolute atomic E-state index is 11.8. The zero-order valence-corrected chi connectivity index (χ0v) is 15.7. The van der Waals surface area contributed by atoms with Crippen LogP contribution >= 0.6 is 0 Å². The van der Waals surface area contributed by atoms with Crippen molar-refractivity contribution >= 4 is 17.9 Å². The van der Waals surface area contributed by atoms with Gasteiger partial charge in [0.15, 0.2) is 0 Å². The highest BCUT2D eigenvalue weighted by Gasteiger charge is 2.21. The number of benzene rings is 1. The molecule has 0 saturated heterocycles. The molecule has 7 heteroatoms. The van der Waals surface area contributed by atoms with Crippen LogP contribution in [0.3, 0.4) is 0 Å². The van der Waals surface area contributed by atoms with Gasteiger partial charge in [-0.15, -0.1) is 0 Å². The van der Waals surface area contributed by atoms with Gasteiger partial charge in [0.25, 0.3) is 0 Å². The first-order valence-corrected chi connectivity index (χ1v) is 9.64. The molecule has 0 heterocycles. The minimum absolute atomic E-state index is 0.0930. The van der Waals surface area contributed by atoms with Gasteiger partial charge in [0.2, 0.25) is 11.8 Å². The summed E-state index contributed by atoms with van der Waals surface area (Å²) in [7, 11) is 0. The molecular formula is C20H29N3O4. The van der Waals surface area contributed by atoms with Crippen LogP contribution in [0.4, 0.5) is 4.79 Å². The second kappa shape index (κ2) is 11.9. The lowest BCUT2D eigenvalue weighted by Gasteiger charge is -2.11. The van der Waals surface area contributed by atoms with E-state index in [-0.39, 0.29) is 24.3 Å². The third-order valence-corrected chi connectivity index (χ3v) is 4.54. The van der Waals surface area contributed by atoms with E-state index in [1.165, 1.54) is 0 Å². The van der Waals surface area contributed by atoms with E-state index in [4.69, 9.17) is 4.74 Å². The highest BCUT2D eigenvalue weighted by molar-refractivity contribution is 5.79. The van der Waals surface area contributed by atoms with Crippen molar-refractivity contribution in [3.8, 4) is 0 Å². The van der Waals surface area contributed by atoms with Crippen LogP contribution in [-0.2, 0) is 20.9 Å². The molecule has 1 aliphatic rings. The zero-order valence-electron chi connectivity index (χ0n) is 15.7. The molecule has 0 spiro atoms. The summed E-state index contributed by atoms with van der Waals surface area (Å²) in [5.41, 5.74) is 0.923. The zero-order chi connectivity index (χ0) is 19.3. The lowest BCUT2D eigenvalue weighted by atomic mass is 10.1. The maximum atomic E-state index is 11.8. The number of hydrogen-bond donors (Lipinski definition) is 3. The van der Waals surface area contributed by atoms with Gasteiger partial charge in [-0.2, -0.15) is 0 Å². The van der Waals surface area contributed by atoms with Gasteiger partial charge < -0.3 is 20.7 Å². The molecule has 0 atom stereocenters.